The molecule has 0 fully saturated rings. The standard InChI is InChI=1S/C14H13F3N4O3/c15-14(16,17)12-19-7-11(8-20-12)24-10-3-1-9(2-4-10)5-6-23-13(22)21-18/h1-4,7-8H,5-6,18H2,(H,21,22). The van der Waals surface area contributed by atoms with Gasteiger partial charge in [-0.05, 0) is 17.7 Å². The topological polar surface area (TPSA) is 99.4 Å². The molecule has 0 saturated heterocycles. The summed E-state index contributed by atoms with van der Waals surface area (Å²) in [6.07, 6.45) is -2.95. The molecule has 2 rings (SSSR count). The van der Waals surface area contributed by atoms with Crippen molar-refractivity contribution in [3.05, 3.63) is 48.0 Å². The number of amides is 1. The summed E-state index contributed by atoms with van der Waals surface area (Å²) in [6, 6.07) is 6.69. The Bertz CT molecular complexity index is 675. The summed E-state index contributed by atoms with van der Waals surface area (Å²) in [5.41, 5.74) is 2.71. The van der Waals surface area contributed by atoms with Crippen LogP contribution in [-0.2, 0) is 17.3 Å². The fourth-order valence-electron chi connectivity index (χ4n) is 1.68. The number of nitrogens with one attached hydrogen (secondary N) is 1. The van der Waals surface area contributed by atoms with Gasteiger partial charge < -0.3 is 9.47 Å². The Morgan fingerprint density at radius 1 is 1.12 bits per heavy atom. The Kier molecular flexibility index (Phi) is 5.53. The molecule has 0 aliphatic carbocycles. The number of carbonyl (C=O) groups is 1. The molecule has 0 aliphatic rings. The molecule has 0 aliphatic heterocycles. The molecule has 1 heterocycles. The Balaban J connectivity index is 1.90. The molecule has 1 aromatic carbocycles. The average molecular weight is 342 g/mol. The van der Waals surface area contributed by atoms with Crippen LogP contribution in [0.4, 0.5) is 18.0 Å². The van der Waals surface area contributed by atoms with Crippen molar-refractivity contribution in [3.8, 4) is 11.5 Å². The summed E-state index contributed by atoms with van der Waals surface area (Å²) in [5.74, 6) is 4.12. The molecule has 10 heteroatoms. The molecule has 3 N–H and O–H groups in total. The van der Waals surface area contributed by atoms with E-state index in [1.807, 2.05) is 5.43 Å². The zero-order chi connectivity index (χ0) is 17.6. The lowest BCUT2D eigenvalue weighted by atomic mass is 10.1. The van der Waals surface area contributed by atoms with Crippen molar-refractivity contribution in [1.82, 2.24) is 15.4 Å². The lowest BCUT2D eigenvalue weighted by molar-refractivity contribution is -0.145. The Hall–Kier alpha value is -2.88. The second-order valence-electron chi connectivity index (χ2n) is 4.52. The number of carbonyl (C=O) groups excluding carboxylic acids is 1. The van der Waals surface area contributed by atoms with Crippen LogP contribution in [0, 0.1) is 0 Å². The molecular formula is C14H13F3N4O3. The van der Waals surface area contributed by atoms with E-state index < -0.39 is 18.1 Å². The molecule has 2 aromatic rings. The number of hydrazine groups is 1. The third kappa shape index (κ3) is 5.09. The molecule has 1 aromatic heterocycles. The molecule has 24 heavy (non-hydrogen) atoms. The Labute approximate surface area is 134 Å². The van der Waals surface area contributed by atoms with E-state index in [1.165, 1.54) is 0 Å². The highest BCUT2D eigenvalue weighted by atomic mass is 19.4. The highest BCUT2D eigenvalue weighted by Gasteiger charge is 2.34. The lowest BCUT2D eigenvalue weighted by Gasteiger charge is -2.08. The Morgan fingerprint density at radius 2 is 1.75 bits per heavy atom. The number of rotatable bonds is 5. The van der Waals surface area contributed by atoms with E-state index in [0.29, 0.717) is 12.2 Å². The van der Waals surface area contributed by atoms with Crippen LogP contribution in [0.1, 0.15) is 11.4 Å². The van der Waals surface area contributed by atoms with Crippen LogP contribution >= 0.6 is 0 Å². The third-order valence-electron chi connectivity index (χ3n) is 2.78. The summed E-state index contributed by atoms with van der Waals surface area (Å²) in [6.45, 7) is 0.149. The minimum Gasteiger partial charge on any atom is -0.454 e. The fraction of sp³-hybridized carbons (Fsp3) is 0.214. The average Bonchev–Trinajstić information content (AvgIpc) is 2.56. The number of hydrogen-bond acceptors (Lipinski definition) is 6. The first-order chi connectivity index (χ1) is 11.4. The van der Waals surface area contributed by atoms with Crippen molar-refractivity contribution < 1.29 is 27.4 Å². The van der Waals surface area contributed by atoms with Gasteiger partial charge in [0.15, 0.2) is 5.75 Å². The number of ether oxygens (including phenoxy) is 2. The van der Waals surface area contributed by atoms with Crippen LogP contribution < -0.4 is 16.0 Å². The van der Waals surface area contributed by atoms with E-state index in [1.54, 1.807) is 24.3 Å². The predicted octanol–water partition coefficient (Wildman–Crippen LogP) is 2.43. The third-order valence-corrected chi connectivity index (χ3v) is 2.78. The van der Waals surface area contributed by atoms with Crippen molar-refractivity contribution >= 4 is 6.09 Å². The Morgan fingerprint density at radius 3 is 2.29 bits per heavy atom. The van der Waals surface area contributed by atoms with E-state index in [0.717, 1.165) is 18.0 Å². The van der Waals surface area contributed by atoms with Crippen molar-refractivity contribution in [1.29, 1.82) is 0 Å². The largest absolute Gasteiger partial charge is 0.454 e. The molecule has 0 bridgehead atoms. The first-order valence-corrected chi connectivity index (χ1v) is 6.68. The van der Waals surface area contributed by atoms with Crippen LogP contribution in [0.2, 0.25) is 0 Å². The van der Waals surface area contributed by atoms with Gasteiger partial charge in [-0.2, -0.15) is 13.2 Å². The summed E-state index contributed by atoms with van der Waals surface area (Å²) in [4.78, 5) is 17.2. The zero-order valence-corrected chi connectivity index (χ0v) is 12.2. The minimum absolute atomic E-state index is 0.0821. The summed E-state index contributed by atoms with van der Waals surface area (Å²) in [5, 5.41) is 0. The number of nitrogens with two attached hydrogens (primary N) is 1. The van der Waals surface area contributed by atoms with Gasteiger partial charge in [-0.25, -0.2) is 20.6 Å². The summed E-state index contributed by atoms with van der Waals surface area (Å²) in [7, 11) is 0. The van der Waals surface area contributed by atoms with Gasteiger partial charge in [0.05, 0.1) is 19.0 Å². The zero-order valence-electron chi connectivity index (χ0n) is 12.2. The quantitative estimate of drug-likeness (QED) is 0.492. The van der Waals surface area contributed by atoms with Crippen molar-refractivity contribution in [3.63, 3.8) is 0 Å². The molecular weight excluding hydrogens is 329 g/mol. The molecule has 0 atom stereocenters. The molecule has 1 amide bonds. The van der Waals surface area contributed by atoms with E-state index in [9.17, 15) is 18.0 Å². The molecule has 0 unspecified atom stereocenters. The monoisotopic (exact) mass is 342 g/mol. The maximum atomic E-state index is 12.4. The van der Waals surface area contributed by atoms with E-state index in [-0.39, 0.29) is 12.4 Å². The summed E-state index contributed by atoms with van der Waals surface area (Å²) >= 11 is 0. The minimum atomic E-state index is -4.59. The maximum absolute atomic E-state index is 12.4. The molecule has 0 saturated carbocycles. The van der Waals surface area contributed by atoms with E-state index in [2.05, 4.69) is 9.97 Å². The van der Waals surface area contributed by atoms with Crippen molar-refractivity contribution in [2.24, 2.45) is 5.84 Å². The van der Waals surface area contributed by atoms with Gasteiger partial charge in [0.2, 0.25) is 5.82 Å². The predicted molar refractivity (Wildman–Crippen MR) is 75.9 cm³/mol. The second-order valence-corrected chi connectivity index (χ2v) is 4.52. The smallest absolute Gasteiger partial charge is 0.451 e. The van der Waals surface area contributed by atoms with Crippen molar-refractivity contribution in [2.75, 3.05) is 6.61 Å². The van der Waals surface area contributed by atoms with Gasteiger partial charge in [-0.1, -0.05) is 12.1 Å². The van der Waals surface area contributed by atoms with Crippen molar-refractivity contribution in [2.45, 2.75) is 12.6 Å². The summed E-state index contributed by atoms with van der Waals surface area (Å²) < 4.78 is 47.2. The number of hydrogen-bond donors (Lipinski definition) is 2. The number of alkyl halides is 3. The highest BCUT2D eigenvalue weighted by Crippen LogP contribution is 2.27. The number of aromatic nitrogens is 2. The van der Waals surface area contributed by atoms with Crippen LogP contribution in [0.15, 0.2) is 36.7 Å². The van der Waals surface area contributed by atoms with Crippen LogP contribution in [-0.4, -0.2) is 22.7 Å². The fourth-order valence-corrected chi connectivity index (χ4v) is 1.68. The van der Waals surface area contributed by atoms with Crippen LogP contribution in [0.25, 0.3) is 0 Å². The lowest BCUT2D eigenvalue weighted by Crippen LogP contribution is -2.31. The maximum Gasteiger partial charge on any atom is 0.451 e. The highest BCUT2D eigenvalue weighted by molar-refractivity contribution is 5.66. The SMILES string of the molecule is NNC(=O)OCCc1ccc(Oc2cnc(C(F)(F)F)nc2)cc1. The first-order valence-electron chi connectivity index (χ1n) is 6.68. The number of nitrogens with zero attached hydrogens (tertiary/aromatic N) is 2. The number of halogens is 3. The van der Waals surface area contributed by atoms with E-state index >= 15 is 0 Å². The number of benzene rings is 1. The van der Waals surface area contributed by atoms with Gasteiger partial charge in [0.1, 0.15) is 5.75 Å². The molecule has 0 radical (unpaired) electrons. The van der Waals surface area contributed by atoms with Gasteiger partial charge in [-0.15, -0.1) is 0 Å². The van der Waals surface area contributed by atoms with Gasteiger partial charge in [0, 0.05) is 6.42 Å². The molecule has 128 valence electrons. The van der Waals surface area contributed by atoms with E-state index in [4.69, 9.17) is 15.3 Å². The van der Waals surface area contributed by atoms with Crippen LogP contribution in [0.5, 0.6) is 11.5 Å². The molecule has 0 spiro atoms. The van der Waals surface area contributed by atoms with Gasteiger partial charge in [-0.3, -0.25) is 5.43 Å². The normalized spacial score (nSPS) is 11.0. The van der Waals surface area contributed by atoms with Gasteiger partial charge in [0.25, 0.3) is 0 Å². The van der Waals surface area contributed by atoms with Crippen LogP contribution in [0.3, 0.4) is 0 Å². The molecule has 7 nitrogen and oxygen atoms in total. The second kappa shape index (κ2) is 7.59. The first kappa shape index (κ1) is 17.5. The van der Waals surface area contributed by atoms with Gasteiger partial charge >= 0.3 is 12.3 Å².